The number of aromatic nitrogens is 2. The van der Waals surface area contributed by atoms with E-state index in [1.807, 2.05) is 0 Å². The van der Waals surface area contributed by atoms with E-state index in [4.69, 9.17) is 28.9 Å². The summed E-state index contributed by atoms with van der Waals surface area (Å²) < 4.78 is 95.8. The zero-order valence-electron chi connectivity index (χ0n) is 16.7. The molecule has 1 aromatic heterocycles. The molecule has 1 unspecified atom stereocenters. The van der Waals surface area contributed by atoms with Gasteiger partial charge in [-0.2, -0.15) is 10.4 Å². The first-order valence-electron chi connectivity index (χ1n) is 9.51. The predicted molar refractivity (Wildman–Crippen MR) is 111 cm³/mol. The highest BCUT2D eigenvalue weighted by atomic mass is 35.5. The topological polar surface area (TPSA) is 96.7 Å². The van der Waals surface area contributed by atoms with E-state index in [-0.39, 0.29) is 30.4 Å². The number of carbonyl (C=O) groups excluding carboxylic acids is 1. The minimum absolute atomic E-state index is 0.0715. The average molecular weight is 552 g/mol. The molecule has 2 aliphatic carbocycles. The number of nitrogens with two attached hydrogens (primary N) is 1. The van der Waals surface area contributed by atoms with Gasteiger partial charge in [-0.05, 0) is 30.9 Å². The fourth-order valence-corrected chi connectivity index (χ4v) is 5.16. The minimum Gasteiger partial charge on any atom is -0.369 e. The van der Waals surface area contributed by atoms with Gasteiger partial charge >= 0.3 is 10.2 Å². The summed E-state index contributed by atoms with van der Waals surface area (Å²) >= 11 is 11.8. The zero-order valence-corrected chi connectivity index (χ0v) is 19.0. The summed E-state index contributed by atoms with van der Waals surface area (Å²) in [4.78, 5) is 9.71. The molecule has 2 aromatic rings. The number of hydrogen-bond acceptors (Lipinski definition) is 4. The van der Waals surface area contributed by atoms with Crippen molar-refractivity contribution in [2.45, 2.75) is 35.5 Å². The molecule has 16 heteroatoms. The molecule has 0 spiro atoms. The monoisotopic (exact) mass is 551 g/mol. The number of nitrogens with zero attached hydrogens (tertiary/aromatic N) is 3. The summed E-state index contributed by atoms with van der Waals surface area (Å²) in [6, 6.07) is 1.42. The number of halogens is 9. The molecule has 0 aliphatic heterocycles. The van der Waals surface area contributed by atoms with E-state index >= 15 is 0 Å². The Kier molecular flexibility index (Phi) is 4.83. The highest BCUT2D eigenvalue weighted by Gasteiger charge is 2.78. The Bertz CT molecular complexity index is 1260. The second kappa shape index (κ2) is 6.64. The second-order valence-corrected chi connectivity index (χ2v) is 11.5. The molecule has 34 heavy (non-hydrogen) atoms. The number of nitrogens with one attached hydrogen (secondary N) is 1. The lowest BCUT2D eigenvalue weighted by atomic mass is 9.93. The van der Waals surface area contributed by atoms with E-state index in [0.717, 1.165) is 12.8 Å². The first-order chi connectivity index (χ1) is 15.3. The van der Waals surface area contributed by atoms with Crippen LogP contribution in [-0.2, 0) is 10.2 Å². The fourth-order valence-electron chi connectivity index (χ4n) is 3.71. The lowest BCUT2D eigenvalue weighted by Crippen LogP contribution is -2.35. The van der Waals surface area contributed by atoms with Crippen LogP contribution in [0.3, 0.4) is 0 Å². The molecule has 2 saturated carbocycles. The summed E-state index contributed by atoms with van der Waals surface area (Å²) in [7, 11) is -10.2. The lowest BCUT2D eigenvalue weighted by Gasteiger charge is -2.40. The molecule has 6 nitrogen and oxygen atoms in total. The van der Waals surface area contributed by atoms with Crippen LogP contribution < -0.4 is 11.1 Å². The summed E-state index contributed by atoms with van der Waals surface area (Å²) in [5.74, 6) is -5.33. The van der Waals surface area contributed by atoms with Crippen molar-refractivity contribution in [1.29, 1.82) is 5.26 Å². The van der Waals surface area contributed by atoms with Crippen molar-refractivity contribution in [1.82, 2.24) is 9.78 Å². The van der Waals surface area contributed by atoms with Crippen LogP contribution in [0.1, 0.15) is 30.5 Å². The van der Waals surface area contributed by atoms with Crippen LogP contribution >= 0.6 is 33.4 Å². The standard InChI is InChI=1S/C18H14Cl2F7N5OS/c19-10-3-9(34(23,24,25,26)27)4-11(20)14(10)32-15(30-6-8-1-2-8)13(12(5-28)31-32)17(16(29)33)7-18(17,21)22/h3-4,8,30H,1-2,6-7H2,(H2,29,33). The van der Waals surface area contributed by atoms with Crippen molar-refractivity contribution >= 4 is 45.2 Å². The Balaban J connectivity index is 1.98. The van der Waals surface area contributed by atoms with Crippen molar-refractivity contribution in [2.75, 3.05) is 11.9 Å². The molecule has 1 aromatic carbocycles. The molecule has 1 atom stereocenters. The molecule has 186 valence electrons. The van der Waals surface area contributed by atoms with Gasteiger partial charge in [-0.25, -0.2) is 13.5 Å². The lowest BCUT2D eigenvalue weighted by molar-refractivity contribution is -0.122. The predicted octanol–water partition coefficient (Wildman–Crippen LogP) is 6.29. The molecule has 2 aliphatic rings. The normalized spacial score (nSPS) is 23.5. The first-order valence-corrected chi connectivity index (χ1v) is 12.2. The Morgan fingerprint density at radius 1 is 1.24 bits per heavy atom. The van der Waals surface area contributed by atoms with Gasteiger partial charge in [0.25, 0.3) is 5.92 Å². The molecule has 1 heterocycles. The summed E-state index contributed by atoms with van der Waals surface area (Å²) in [6.07, 6.45) is 0.552. The molecular formula is C18H14Cl2F7N5OS. The smallest absolute Gasteiger partial charge is 0.310 e. The van der Waals surface area contributed by atoms with E-state index in [0.29, 0.717) is 4.68 Å². The molecule has 0 bridgehead atoms. The molecule has 1 amide bonds. The molecule has 0 radical (unpaired) electrons. The third-order valence-electron chi connectivity index (χ3n) is 5.73. The Hall–Kier alpha value is -2.37. The van der Waals surface area contributed by atoms with E-state index in [1.54, 1.807) is 6.07 Å². The number of hydrogen-bond donors (Lipinski definition) is 2. The number of carbonyl (C=O) groups is 1. The van der Waals surface area contributed by atoms with Crippen LogP contribution in [0.5, 0.6) is 0 Å². The third kappa shape index (κ3) is 3.93. The molecular weight excluding hydrogens is 538 g/mol. The third-order valence-corrected chi connectivity index (χ3v) is 7.43. The van der Waals surface area contributed by atoms with Crippen molar-refractivity contribution in [3.05, 3.63) is 33.4 Å². The number of rotatable bonds is 7. The van der Waals surface area contributed by atoms with Crippen LogP contribution in [0.2, 0.25) is 10.0 Å². The van der Waals surface area contributed by atoms with Gasteiger partial charge in [-0.15, -0.1) is 0 Å². The number of nitriles is 1. The number of anilines is 1. The van der Waals surface area contributed by atoms with Crippen LogP contribution in [-0.4, -0.2) is 28.2 Å². The van der Waals surface area contributed by atoms with Gasteiger partial charge in [0.05, 0.1) is 15.6 Å². The van der Waals surface area contributed by atoms with Crippen LogP contribution in [0, 0.1) is 17.2 Å². The first kappa shape index (κ1) is 24.7. The van der Waals surface area contributed by atoms with Crippen molar-refractivity contribution in [2.24, 2.45) is 11.7 Å². The molecule has 0 saturated heterocycles. The van der Waals surface area contributed by atoms with Gasteiger partial charge in [-0.1, -0.05) is 42.6 Å². The van der Waals surface area contributed by atoms with E-state index in [9.17, 15) is 38.3 Å². The summed E-state index contributed by atoms with van der Waals surface area (Å²) in [5.41, 5.74) is 0.811. The minimum atomic E-state index is -10.2. The van der Waals surface area contributed by atoms with Gasteiger partial charge < -0.3 is 11.1 Å². The van der Waals surface area contributed by atoms with E-state index in [2.05, 4.69) is 10.4 Å². The van der Waals surface area contributed by atoms with Crippen molar-refractivity contribution in [3.8, 4) is 11.8 Å². The van der Waals surface area contributed by atoms with Crippen LogP contribution in [0.15, 0.2) is 17.0 Å². The maximum Gasteiger partial charge on any atom is 0.310 e. The fraction of sp³-hybridized carbons (Fsp3) is 0.389. The number of amides is 1. The molecule has 4 rings (SSSR count). The molecule has 2 fully saturated rings. The largest absolute Gasteiger partial charge is 0.369 e. The van der Waals surface area contributed by atoms with Crippen LogP contribution in [0.4, 0.5) is 34.0 Å². The summed E-state index contributed by atoms with van der Waals surface area (Å²) in [5, 5.41) is 14.2. The average Bonchev–Trinajstić information content (AvgIpc) is 3.55. The Labute approximate surface area is 197 Å². The molecule has 3 N–H and O–H groups in total. The quantitative estimate of drug-likeness (QED) is 0.395. The van der Waals surface area contributed by atoms with Gasteiger partial charge in [0.2, 0.25) is 5.91 Å². The maximum atomic E-state index is 14.4. The summed E-state index contributed by atoms with van der Waals surface area (Å²) in [6.45, 7) is 0.169. The zero-order chi connectivity index (χ0) is 25.5. The number of primary amides is 1. The highest BCUT2D eigenvalue weighted by Crippen LogP contribution is 3.02. The van der Waals surface area contributed by atoms with Gasteiger partial charge in [-0.3, -0.25) is 4.79 Å². The van der Waals surface area contributed by atoms with Crippen molar-refractivity contribution < 1.29 is 33.0 Å². The number of benzene rings is 1. The van der Waals surface area contributed by atoms with Gasteiger partial charge in [0.15, 0.2) is 5.69 Å². The van der Waals surface area contributed by atoms with E-state index in [1.165, 1.54) is 0 Å². The Morgan fingerprint density at radius 3 is 2.15 bits per heavy atom. The second-order valence-electron chi connectivity index (χ2n) is 8.28. The number of alkyl halides is 2. The van der Waals surface area contributed by atoms with Gasteiger partial charge in [0.1, 0.15) is 27.9 Å². The van der Waals surface area contributed by atoms with E-state index < -0.39 is 65.8 Å². The SMILES string of the molecule is N#Cc1nn(-c2c(Cl)cc(S(F)(F)(F)(F)F)cc2Cl)c(NCC2CC2)c1C1(C(N)=O)CC1(F)F. The van der Waals surface area contributed by atoms with Crippen molar-refractivity contribution in [3.63, 3.8) is 0 Å². The van der Waals surface area contributed by atoms with Crippen LogP contribution in [0.25, 0.3) is 5.69 Å². The van der Waals surface area contributed by atoms with Gasteiger partial charge in [0, 0.05) is 13.0 Å². The maximum absolute atomic E-state index is 14.4. The highest BCUT2D eigenvalue weighted by molar-refractivity contribution is 8.45. The Morgan fingerprint density at radius 2 is 1.76 bits per heavy atom.